The number of carbonyl (C=O) groups is 1. The summed E-state index contributed by atoms with van der Waals surface area (Å²) >= 11 is 0. The Bertz CT molecular complexity index is 513. The molecule has 5 nitrogen and oxygen atoms in total. The minimum absolute atomic E-state index is 0.110. The highest BCUT2D eigenvalue weighted by molar-refractivity contribution is 5.68. The molecule has 0 amide bonds. The minimum Gasteiger partial charge on any atom is -0.469 e. The molecule has 0 N–H and O–H groups in total. The van der Waals surface area contributed by atoms with E-state index in [2.05, 4.69) is 30.7 Å². The highest BCUT2D eigenvalue weighted by Crippen LogP contribution is 2.45. The first kappa shape index (κ1) is 34.4. The van der Waals surface area contributed by atoms with Gasteiger partial charge in [0.1, 0.15) is 0 Å². The van der Waals surface area contributed by atoms with Gasteiger partial charge in [-0.15, -0.1) is 0 Å². The smallest absolute Gasteiger partial charge is 0.305 e. The number of methoxy groups -OCH3 is 1. The third-order valence-electron chi connectivity index (χ3n) is 8.11. The van der Waals surface area contributed by atoms with E-state index in [0.717, 1.165) is 63.9 Å². The van der Waals surface area contributed by atoms with E-state index in [1.165, 1.54) is 103 Å². The normalized spacial score (nSPS) is 17.9. The monoisotopic (exact) mass is 525 g/mol. The Hall–Kier alpha value is -0.650. The fraction of sp³-hybridized carbons (Fsp3) is 0.969. The summed E-state index contributed by atoms with van der Waals surface area (Å²) in [5, 5.41) is 0. The van der Waals surface area contributed by atoms with Crippen LogP contribution >= 0.6 is 0 Å². The summed E-state index contributed by atoms with van der Waals surface area (Å²) in [6.45, 7) is 5.41. The lowest BCUT2D eigenvalue weighted by molar-refractivity contribution is -0.140. The fourth-order valence-corrected chi connectivity index (χ4v) is 5.24. The van der Waals surface area contributed by atoms with E-state index in [1.807, 2.05) is 0 Å². The molecule has 3 atom stereocenters. The largest absolute Gasteiger partial charge is 0.469 e. The Morgan fingerprint density at radius 2 is 1.16 bits per heavy atom. The lowest BCUT2D eigenvalue weighted by Crippen LogP contribution is -2.37. The molecular formula is C32H63NO4. The number of rotatable bonds is 28. The molecule has 1 fully saturated rings. The fourth-order valence-electron chi connectivity index (χ4n) is 5.24. The van der Waals surface area contributed by atoms with Gasteiger partial charge >= 0.3 is 5.97 Å². The molecule has 0 saturated heterocycles. The van der Waals surface area contributed by atoms with Gasteiger partial charge in [-0.2, -0.15) is 0 Å². The van der Waals surface area contributed by atoms with Gasteiger partial charge in [-0.25, -0.2) is 0 Å². The number of hydrogen-bond donors (Lipinski definition) is 0. The van der Waals surface area contributed by atoms with E-state index in [9.17, 15) is 4.79 Å². The molecule has 0 heterocycles. The summed E-state index contributed by atoms with van der Waals surface area (Å²) in [7, 11) is 5.65. The molecule has 0 aliphatic heterocycles. The van der Waals surface area contributed by atoms with Gasteiger partial charge in [-0.05, 0) is 51.6 Å². The summed E-state index contributed by atoms with van der Waals surface area (Å²) in [6, 6.07) is 0.312. The highest BCUT2D eigenvalue weighted by Gasteiger charge is 2.34. The molecule has 3 unspecified atom stereocenters. The van der Waals surface area contributed by atoms with Crippen molar-refractivity contribution in [2.75, 3.05) is 47.6 Å². The van der Waals surface area contributed by atoms with Gasteiger partial charge in [-0.3, -0.25) is 4.79 Å². The SMILES string of the molecule is CCCCCCCCC1CC1CCCCCCCCOCC(COCCCCCCC(=O)OC)N(C)C. The molecule has 1 rings (SSSR count). The van der Waals surface area contributed by atoms with Crippen LogP contribution in [0.25, 0.3) is 0 Å². The molecule has 1 aliphatic rings. The summed E-state index contributed by atoms with van der Waals surface area (Å²) in [5.41, 5.74) is 0. The van der Waals surface area contributed by atoms with Crippen LogP contribution in [0.4, 0.5) is 0 Å². The van der Waals surface area contributed by atoms with Crippen molar-refractivity contribution in [3.8, 4) is 0 Å². The van der Waals surface area contributed by atoms with Crippen molar-refractivity contribution in [3.05, 3.63) is 0 Å². The van der Waals surface area contributed by atoms with E-state index in [4.69, 9.17) is 9.47 Å². The molecule has 5 heteroatoms. The number of nitrogens with zero attached hydrogens (tertiary/aromatic N) is 1. The zero-order valence-electron chi connectivity index (χ0n) is 25.3. The number of unbranched alkanes of at least 4 members (excludes halogenated alkanes) is 13. The molecule has 1 aliphatic carbocycles. The first-order valence-electron chi connectivity index (χ1n) is 16.0. The van der Waals surface area contributed by atoms with E-state index >= 15 is 0 Å². The third-order valence-corrected chi connectivity index (χ3v) is 8.11. The predicted octanol–water partition coefficient (Wildman–Crippen LogP) is 8.19. The van der Waals surface area contributed by atoms with Crippen LogP contribution in [-0.2, 0) is 19.0 Å². The van der Waals surface area contributed by atoms with Crippen molar-refractivity contribution in [3.63, 3.8) is 0 Å². The molecule has 0 aromatic carbocycles. The van der Waals surface area contributed by atoms with Gasteiger partial charge in [0.05, 0.1) is 26.4 Å². The quantitative estimate of drug-likeness (QED) is 0.0761. The second-order valence-corrected chi connectivity index (χ2v) is 11.7. The number of hydrogen-bond acceptors (Lipinski definition) is 5. The van der Waals surface area contributed by atoms with Gasteiger partial charge in [0.25, 0.3) is 0 Å². The van der Waals surface area contributed by atoms with Crippen LogP contribution in [0, 0.1) is 11.8 Å². The Balaban J connectivity index is 1.84. The molecule has 0 bridgehead atoms. The summed E-state index contributed by atoms with van der Waals surface area (Å²) < 4.78 is 16.5. The third kappa shape index (κ3) is 20.9. The molecule has 0 aromatic rings. The molecular weight excluding hydrogens is 462 g/mol. The summed E-state index contributed by atoms with van der Waals surface area (Å²) in [4.78, 5) is 13.3. The van der Waals surface area contributed by atoms with Gasteiger partial charge in [0, 0.05) is 19.6 Å². The molecule has 1 saturated carbocycles. The lowest BCUT2D eigenvalue weighted by atomic mass is 10.0. The predicted molar refractivity (Wildman–Crippen MR) is 156 cm³/mol. The van der Waals surface area contributed by atoms with Gasteiger partial charge < -0.3 is 19.1 Å². The van der Waals surface area contributed by atoms with E-state index in [1.54, 1.807) is 0 Å². The average molecular weight is 526 g/mol. The summed E-state index contributed by atoms with van der Waals surface area (Å²) in [5.74, 6) is 2.06. The Morgan fingerprint density at radius 1 is 0.703 bits per heavy atom. The molecule has 220 valence electrons. The molecule has 0 spiro atoms. The number of ether oxygens (including phenoxy) is 3. The number of likely N-dealkylation sites (N-methyl/N-ethyl adjacent to an activating group) is 1. The van der Waals surface area contributed by atoms with Crippen LogP contribution in [0.5, 0.6) is 0 Å². The Kier molecular flexibility index (Phi) is 22.7. The maximum Gasteiger partial charge on any atom is 0.305 e. The molecule has 37 heavy (non-hydrogen) atoms. The zero-order chi connectivity index (χ0) is 27.0. The van der Waals surface area contributed by atoms with Crippen LogP contribution in [0.1, 0.15) is 135 Å². The van der Waals surface area contributed by atoms with Crippen molar-refractivity contribution in [1.29, 1.82) is 0 Å². The lowest BCUT2D eigenvalue weighted by Gasteiger charge is -2.24. The van der Waals surface area contributed by atoms with Crippen molar-refractivity contribution in [1.82, 2.24) is 4.90 Å². The minimum atomic E-state index is -0.110. The maximum atomic E-state index is 11.1. The summed E-state index contributed by atoms with van der Waals surface area (Å²) in [6.07, 6.45) is 25.9. The zero-order valence-corrected chi connectivity index (χ0v) is 25.3. The molecule has 0 radical (unpaired) electrons. The van der Waals surface area contributed by atoms with Crippen LogP contribution in [0.2, 0.25) is 0 Å². The van der Waals surface area contributed by atoms with Crippen LogP contribution in [-0.4, -0.2) is 64.5 Å². The Morgan fingerprint density at radius 3 is 1.65 bits per heavy atom. The van der Waals surface area contributed by atoms with Gasteiger partial charge in [0.15, 0.2) is 0 Å². The van der Waals surface area contributed by atoms with Crippen molar-refractivity contribution in [2.24, 2.45) is 11.8 Å². The Labute approximate surface area is 230 Å². The van der Waals surface area contributed by atoms with E-state index in [0.29, 0.717) is 12.5 Å². The second kappa shape index (κ2) is 24.4. The number of carbonyl (C=O) groups excluding carboxylic acids is 1. The van der Waals surface area contributed by atoms with Crippen molar-refractivity contribution >= 4 is 5.97 Å². The van der Waals surface area contributed by atoms with Crippen molar-refractivity contribution < 1.29 is 19.0 Å². The maximum absolute atomic E-state index is 11.1. The second-order valence-electron chi connectivity index (χ2n) is 11.7. The van der Waals surface area contributed by atoms with Gasteiger partial charge in [0.2, 0.25) is 0 Å². The number of esters is 1. The van der Waals surface area contributed by atoms with E-state index < -0.39 is 0 Å². The first-order valence-corrected chi connectivity index (χ1v) is 16.0. The van der Waals surface area contributed by atoms with Crippen LogP contribution in [0.3, 0.4) is 0 Å². The molecule has 0 aromatic heterocycles. The van der Waals surface area contributed by atoms with Crippen molar-refractivity contribution in [2.45, 2.75) is 141 Å². The highest BCUT2D eigenvalue weighted by atomic mass is 16.5. The van der Waals surface area contributed by atoms with Crippen LogP contribution < -0.4 is 0 Å². The topological polar surface area (TPSA) is 48.0 Å². The van der Waals surface area contributed by atoms with Crippen LogP contribution in [0.15, 0.2) is 0 Å². The average Bonchev–Trinajstić information content (AvgIpc) is 3.64. The first-order chi connectivity index (χ1) is 18.1. The van der Waals surface area contributed by atoms with E-state index in [-0.39, 0.29) is 5.97 Å². The van der Waals surface area contributed by atoms with Gasteiger partial charge in [-0.1, -0.05) is 103 Å². The standard InChI is InChI=1S/C32H63NO4/c1-5-6-7-8-11-16-21-29-26-30(29)22-17-12-9-10-14-19-24-36-27-31(33(2)3)28-37-25-20-15-13-18-23-32(34)35-4/h29-31H,5-28H2,1-4H3.